The highest BCUT2D eigenvalue weighted by Gasteiger charge is 2.29. The van der Waals surface area contributed by atoms with E-state index in [2.05, 4.69) is 4.98 Å². The number of nitrogens with zero attached hydrogens (tertiary/aromatic N) is 2. The van der Waals surface area contributed by atoms with Crippen molar-refractivity contribution in [3.05, 3.63) is 18.2 Å². The summed E-state index contributed by atoms with van der Waals surface area (Å²) < 4.78 is 1.97. The summed E-state index contributed by atoms with van der Waals surface area (Å²) in [6, 6.07) is 0. The monoisotopic (exact) mass is 226 g/mol. The van der Waals surface area contributed by atoms with Crippen molar-refractivity contribution in [2.45, 2.75) is 52.9 Å². The Morgan fingerprint density at radius 2 is 2.00 bits per heavy atom. The van der Waals surface area contributed by atoms with E-state index in [9.17, 15) is 10.2 Å². The summed E-state index contributed by atoms with van der Waals surface area (Å²) in [7, 11) is 0. The number of aliphatic hydroxyl groups excluding tert-OH is 2. The average Bonchev–Trinajstić information content (AvgIpc) is 2.62. The molecular formula is C12H22N2O2. The molecule has 0 fully saturated rings. The van der Waals surface area contributed by atoms with Crippen molar-refractivity contribution in [3.8, 4) is 0 Å². The minimum Gasteiger partial charge on any atom is -0.390 e. The van der Waals surface area contributed by atoms with Gasteiger partial charge in [-0.3, -0.25) is 0 Å². The Hall–Kier alpha value is -0.870. The fourth-order valence-corrected chi connectivity index (χ4v) is 1.69. The van der Waals surface area contributed by atoms with Crippen LogP contribution < -0.4 is 0 Å². The van der Waals surface area contributed by atoms with Crippen molar-refractivity contribution in [2.24, 2.45) is 5.41 Å². The largest absolute Gasteiger partial charge is 0.390 e. The summed E-state index contributed by atoms with van der Waals surface area (Å²) in [5, 5.41) is 19.9. The van der Waals surface area contributed by atoms with Crippen LogP contribution in [0, 0.1) is 5.41 Å². The van der Waals surface area contributed by atoms with Gasteiger partial charge in [0.05, 0.1) is 12.2 Å². The second-order valence-corrected chi connectivity index (χ2v) is 5.21. The van der Waals surface area contributed by atoms with E-state index in [1.807, 2.05) is 38.5 Å². The van der Waals surface area contributed by atoms with E-state index in [-0.39, 0.29) is 5.41 Å². The topological polar surface area (TPSA) is 58.3 Å². The molecule has 0 radical (unpaired) electrons. The molecule has 0 aromatic carbocycles. The quantitative estimate of drug-likeness (QED) is 0.811. The minimum atomic E-state index is -0.771. The van der Waals surface area contributed by atoms with Crippen LogP contribution >= 0.6 is 0 Å². The molecule has 2 N–H and O–H groups in total. The number of rotatable bonds is 4. The maximum atomic E-state index is 9.94. The zero-order valence-electron chi connectivity index (χ0n) is 10.5. The lowest BCUT2D eigenvalue weighted by molar-refractivity contribution is -0.0444. The zero-order valence-corrected chi connectivity index (χ0v) is 10.5. The molecule has 0 bridgehead atoms. The molecule has 0 amide bonds. The Bertz CT molecular complexity index is 328. The lowest BCUT2D eigenvalue weighted by Crippen LogP contribution is -2.39. The highest BCUT2D eigenvalue weighted by atomic mass is 16.3. The van der Waals surface area contributed by atoms with Gasteiger partial charge in [0.25, 0.3) is 0 Å². The SMILES string of the molecule is CCn1ccnc1CC(O)C(O)C(C)(C)C. The molecule has 16 heavy (non-hydrogen) atoms. The third-order valence-electron chi connectivity index (χ3n) is 2.79. The first kappa shape index (κ1) is 13.2. The predicted octanol–water partition coefficient (Wildman–Crippen LogP) is 1.21. The maximum Gasteiger partial charge on any atom is 0.111 e. The van der Waals surface area contributed by atoms with E-state index >= 15 is 0 Å². The molecule has 2 unspecified atom stereocenters. The van der Waals surface area contributed by atoms with Gasteiger partial charge in [-0.1, -0.05) is 20.8 Å². The molecule has 0 aliphatic rings. The standard InChI is InChI=1S/C12H22N2O2/c1-5-14-7-6-13-10(14)8-9(15)11(16)12(2,3)4/h6-7,9,11,15-16H,5,8H2,1-4H3. The molecule has 4 heteroatoms. The van der Waals surface area contributed by atoms with Crippen LogP contribution in [-0.2, 0) is 13.0 Å². The normalized spacial score (nSPS) is 16.1. The number of aromatic nitrogens is 2. The minimum absolute atomic E-state index is 0.316. The van der Waals surface area contributed by atoms with Crippen molar-refractivity contribution in [1.82, 2.24) is 9.55 Å². The van der Waals surface area contributed by atoms with Crippen molar-refractivity contribution in [1.29, 1.82) is 0 Å². The molecule has 0 aliphatic heterocycles. The molecule has 0 saturated heterocycles. The predicted molar refractivity (Wildman–Crippen MR) is 63.1 cm³/mol. The fraction of sp³-hybridized carbons (Fsp3) is 0.750. The lowest BCUT2D eigenvalue weighted by Gasteiger charge is -2.29. The summed E-state index contributed by atoms with van der Waals surface area (Å²) in [6.45, 7) is 8.58. The zero-order chi connectivity index (χ0) is 12.3. The van der Waals surface area contributed by atoms with Crippen LogP contribution in [0.5, 0.6) is 0 Å². The molecule has 0 saturated carbocycles. The van der Waals surface area contributed by atoms with Gasteiger partial charge in [-0.15, -0.1) is 0 Å². The van der Waals surface area contributed by atoms with Crippen LogP contribution in [0.15, 0.2) is 12.4 Å². The fourth-order valence-electron chi connectivity index (χ4n) is 1.69. The number of imidazole rings is 1. The van der Waals surface area contributed by atoms with Gasteiger partial charge in [0.2, 0.25) is 0 Å². The van der Waals surface area contributed by atoms with Gasteiger partial charge in [-0.05, 0) is 12.3 Å². The van der Waals surface area contributed by atoms with E-state index in [1.54, 1.807) is 6.20 Å². The van der Waals surface area contributed by atoms with Gasteiger partial charge in [-0.2, -0.15) is 0 Å². The van der Waals surface area contributed by atoms with Crippen LogP contribution in [0.4, 0.5) is 0 Å². The third-order valence-corrected chi connectivity index (χ3v) is 2.79. The Labute approximate surface area is 96.9 Å². The van der Waals surface area contributed by atoms with Crippen LogP contribution in [-0.4, -0.2) is 32.0 Å². The second-order valence-electron chi connectivity index (χ2n) is 5.21. The number of hydrogen-bond acceptors (Lipinski definition) is 3. The number of hydrogen-bond donors (Lipinski definition) is 2. The Morgan fingerprint density at radius 1 is 1.38 bits per heavy atom. The Balaban J connectivity index is 2.68. The Kier molecular flexibility index (Phi) is 4.10. The number of aliphatic hydroxyl groups is 2. The van der Waals surface area contributed by atoms with Crippen LogP contribution in [0.3, 0.4) is 0 Å². The third kappa shape index (κ3) is 3.06. The molecule has 1 aromatic heterocycles. The van der Waals surface area contributed by atoms with Crippen molar-refractivity contribution in [2.75, 3.05) is 0 Å². The van der Waals surface area contributed by atoms with Crippen LogP contribution in [0.25, 0.3) is 0 Å². The molecule has 0 spiro atoms. The van der Waals surface area contributed by atoms with Gasteiger partial charge in [0.1, 0.15) is 5.82 Å². The van der Waals surface area contributed by atoms with E-state index in [0.29, 0.717) is 6.42 Å². The van der Waals surface area contributed by atoms with Crippen molar-refractivity contribution < 1.29 is 10.2 Å². The first-order valence-corrected chi connectivity index (χ1v) is 5.72. The molecule has 2 atom stereocenters. The van der Waals surface area contributed by atoms with Gasteiger partial charge < -0.3 is 14.8 Å². The first-order chi connectivity index (χ1) is 7.36. The van der Waals surface area contributed by atoms with Gasteiger partial charge in [-0.25, -0.2) is 4.98 Å². The summed E-state index contributed by atoms with van der Waals surface area (Å²) in [4.78, 5) is 4.18. The summed E-state index contributed by atoms with van der Waals surface area (Å²) in [5.41, 5.74) is -0.316. The average molecular weight is 226 g/mol. The second kappa shape index (κ2) is 4.97. The Morgan fingerprint density at radius 3 is 2.50 bits per heavy atom. The summed E-state index contributed by atoms with van der Waals surface area (Å²) >= 11 is 0. The van der Waals surface area contributed by atoms with Crippen LogP contribution in [0.1, 0.15) is 33.5 Å². The van der Waals surface area contributed by atoms with E-state index < -0.39 is 12.2 Å². The van der Waals surface area contributed by atoms with E-state index in [4.69, 9.17) is 0 Å². The molecule has 0 aliphatic carbocycles. The van der Waals surface area contributed by atoms with Gasteiger partial charge in [0, 0.05) is 25.4 Å². The van der Waals surface area contributed by atoms with E-state index in [1.165, 1.54) is 0 Å². The highest BCUT2D eigenvalue weighted by Crippen LogP contribution is 2.23. The molecule has 4 nitrogen and oxygen atoms in total. The number of aryl methyl sites for hydroxylation is 1. The van der Waals surface area contributed by atoms with Crippen molar-refractivity contribution >= 4 is 0 Å². The van der Waals surface area contributed by atoms with E-state index in [0.717, 1.165) is 12.4 Å². The maximum absolute atomic E-state index is 9.94. The smallest absolute Gasteiger partial charge is 0.111 e. The molecule has 1 heterocycles. The molecule has 92 valence electrons. The van der Waals surface area contributed by atoms with Gasteiger partial charge >= 0.3 is 0 Å². The summed E-state index contributed by atoms with van der Waals surface area (Å²) in [5.74, 6) is 0.818. The van der Waals surface area contributed by atoms with Crippen molar-refractivity contribution in [3.63, 3.8) is 0 Å². The van der Waals surface area contributed by atoms with Gasteiger partial charge in [0.15, 0.2) is 0 Å². The molecular weight excluding hydrogens is 204 g/mol. The highest BCUT2D eigenvalue weighted by molar-refractivity contribution is 4.96. The first-order valence-electron chi connectivity index (χ1n) is 5.72. The molecule has 1 rings (SSSR count). The lowest BCUT2D eigenvalue weighted by atomic mass is 9.85. The molecule has 1 aromatic rings. The van der Waals surface area contributed by atoms with Crippen LogP contribution in [0.2, 0.25) is 0 Å². The summed E-state index contributed by atoms with van der Waals surface area (Å²) in [6.07, 6.45) is 2.47.